The molecule has 39 heavy (non-hydrogen) atoms. The molecule has 1 aromatic heterocycles. The molecule has 2 unspecified atom stereocenters. The highest BCUT2D eigenvalue weighted by Crippen LogP contribution is 2.29. The van der Waals surface area contributed by atoms with Crippen LogP contribution in [-0.2, 0) is 26.1 Å². The van der Waals surface area contributed by atoms with E-state index >= 15 is 0 Å². The summed E-state index contributed by atoms with van der Waals surface area (Å²) >= 11 is 0. The lowest BCUT2D eigenvalue weighted by Crippen LogP contribution is -2.33. The highest BCUT2D eigenvalue weighted by molar-refractivity contribution is 7.89. The number of aryl methyl sites for hydroxylation is 1. The van der Waals surface area contributed by atoms with Gasteiger partial charge in [0.25, 0.3) is 5.56 Å². The number of nitrogens with one attached hydrogen (secondary N) is 1. The lowest BCUT2D eigenvalue weighted by molar-refractivity contribution is -0.145. The Balaban J connectivity index is 2.39. The average molecular weight is 560 g/mol. The van der Waals surface area contributed by atoms with E-state index in [-0.39, 0.29) is 46.6 Å². The normalized spacial score (nSPS) is 13.3. The summed E-state index contributed by atoms with van der Waals surface area (Å²) in [5.74, 6) is -0.739. The van der Waals surface area contributed by atoms with Gasteiger partial charge in [-0.15, -0.1) is 5.11 Å². The number of hydrogen-bond donors (Lipinski definition) is 2. The summed E-state index contributed by atoms with van der Waals surface area (Å²) in [6.45, 7) is 10.2. The Bertz CT molecular complexity index is 1430. The minimum atomic E-state index is -3.89. The number of nitrogens with zero attached hydrogens (tertiary/aromatic N) is 4. The van der Waals surface area contributed by atoms with Gasteiger partial charge in [-0.2, -0.15) is 10.4 Å². The molecule has 0 radical (unpaired) electrons. The van der Waals surface area contributed by atoms with Gasteiger partial charge < -0.3 is 9.84 Å². The number of hydrogen-bond acceptors (Lipinski definition) is 9. The predicted molar refractivity (Wildman–Crippen MR) is 147 cm³/mol. The van der Waals surface area contributed by atoms with Crippen molar-refractivity contribution in [3.63, 3.8) is 0 Å². The number of aromatic hydroxyl groups is 1. The van der Waals surface area contributed by atoms with Crippen molar-refractivity contribution in [3.8, 4) is 11.9 Å². The Kier molecular flexibility index (Phi) is 11.4. The summed E-state index contributed by atoms with van der Waals surface area (Å²) in [5, 5.41) is 28.6. The van der Waals surface area contributed by atoms with Gasteiger partial charge in [-0.05, 0) is 56.9 Å². The fraction of sp³-hybridized carbons (Fsp3) is 0.519. The molecular weight excluding hydrogens is 522 g/mol. The van der Waals surface area contributed by atoms with Crippen molar-refractivity contribution in [3.05, 3.63) is 45.2 Å². The third kappa shape index (κ3) is 8.21. The van der Waals surface area contributed by atoms with Gasteiger partial charge in [-0.25, -0.2) is 13.1 Å². The zero-order valence-corrected chi connectivity index (χ0v) is 24.1. The molecule has 1 aromatic carbocycles. The van der Waals surface area contributed by atoms with Crippen LogP contribution in [0.25, 0.3) is 0 Å². The van der Waals surface area contributed by atoms with Crippen LogP contribution in [0, 0.1) is 31.1 Å². The second-order valence-electron chi connectivity index (χ2n) is 9.54. The molecule has 0 saturated heterocycles. The zero-order chi connectivity index (χ0) is 29.3. The molecule has 1 heterocycles. The van der Waals surface area contributed by atoms with Gasteiger partial charge in [0, 0.05) is 25.6 Å². The van der Waals surface area contributed by atoms with Crippen LogP contribution in [0.5, 0.6) is 5.88 Å². The molecule has 2 N–H and O–H groups in total. The van der Waals surface area contributed by atoms with Crippen LogP contribution in [0.15, 0.2) is 38.1 Å². The maximum atomic E-state index is 13.3. The summed E-state index contributed by atoms with van der Waals surface area (Å²) in [7, 11) is -3.89. The van der Waals surface area contributed by atoms with Crippen LogP contribution < -0.4 is 10.3 Å². The van der Waals surface area contributed by atoms with Crippen molar-refractivity contribution in [2.45, 2.75) is 84.8 Å². The molecule has 0 bridgehead atoms. The van der Waals surface area contributed by atoms with Crippen LogP contribution in [-0.4, -0.2) is 36.7 Å². The molecule has 0 spiro atoms. The van der Waals surface area contributed by atoms with Crippen LogP contribution in [0.4, 0.5) is 11.4 Å². The highest BCUT2D eigenvalue weighted by atomic mass is 32.2. The Hall–Kier alpha value is -3.56. The maximum Gasteiger partial charge on any atom is 0.302 e. The molecule has 12 heteroatoms. The van der Waals surface area contributed by atoms with Crippen LogP contribution in [0.2, 0.25) is 0 Å². The van der Waals surface area contributed by atoms with E-state index in [2.05, 4.69) is 21.9 Å². The molecule has 0 saturated carbocycles. The SMILES string of the molecule is CCCCC(CC)Cn1c(O)c(C#N)c(C)c(N=Nc2ccc(S(=O)(=O)NCC(C)OC(C)=O)c(C)c2)c1=O. The Morgan fingerprint density at radius 3 is 2.51 bits per heavy atom. The number of sulfonamides is 1. The summed E-state index contributed by atoms with van der Waals surface area (Å²) in [6.07, 6.45) is 3.06. The molecule has 0 aliphatic rings. The number of pyridine rings is 1. The highest BCUT2D eigenvalue weighted by Gasteiger charge is 2.22. The molecule has 2 aromatic rings. The molecule has 0 aliphatic heterocycles. The van der Waals surface area contributed by atoms with E-state index in [1.807, 2.05) is 13.0 Å². The van der Waals surface area contributed by atoms with E-state index in [0.717, 1.165) is 25.7 Å². The first kappa shape index (κ1) is 31.7. The van der Waals surface area contributed by atoms with Gasteiger partial charge in [-0.1, -0.05) is 33.1 Å². The van der Waals surface area contributed by atoms with E-state index in [1.54, 1.807) is 13.8 Å². The monoisotopic (exact) mass is 559 g/mol. The maximum absolute atomic E-state index is 13.3. The van der Waals surface area contributed by atoms with Crippen LogP contribution in [0.3, 0.4) is 0 Å². The quantitative estimate of drug-likeness (QED) is 0.260. The molecule has 2 atom stereocenters. The molecule has 11 nitrogen and oxygen atoms in total. The first-order valence-corrected chi connectivity index (χ1v) is 14.4. The second kappa shape index (κ2) is 14.0. The third-order valence-electron chi connectivity index (χ3n) is 6.39. The Morgan fingerprint density at radius 2 is 1.95 bits per heavy atom. The van der Waals surface area contributed by atoms with Gasteiger partial charge in [0.2, 0.25) is 15.9 Å². The standard InChI is InChI=1S/C27H37N5O6S/c1-7-9-10-21(8-2)16-32-26(34)23(14-28)19(5)25(27(32)35)31-30-22-11-12-24(17(3)13-22)39(36,37)29-15-18(4)38-20(6)33/h11-13,18,21,29,34H,7-10,15-16H2,1-6H3. The summed E-state index contributed by atoms with van der Waals surface area (Å²) in [4.78, 5) is 24.4. The van der Waals surface area contributed by atoms with Crippen LogP contribution in [0.1, 0.15) is 70.1 Å². The topological polar surface area (TPSA) is 163 Å². The molecule has 2 rings (SSSR count). The number of rotatable bonds is 13. The lowest BCUT2D eigenvalue weighted by Gasteiger charge is -2.19. The van der Waals surface area contributed by atoms with Crippen molar-refractivity contribution in [2.24, 2.45) is 16.1 Å². The minimum absolute atomic E-state index is 0.0177. The first-order chi connectivity index (χ1) is 18.4. The smallest absolute Gasteiger partial charge is 0.302 e. The number of carbonyl (C=O) groups is 1. The Labute approximate surface area is 229 Å². The number of carbonyl (C=O) groups excluding carboxylic acids is 1. The fourth-order valence-electron chi connectivity index (χ4n) is 4.14. The first-order valence-electron chi connectivity index (χ1n) is 12.9. The third-order valence-corrected chi connectivity index (χ3v) is 7.98. The van der Waals surface area contributed by atoms with E-state index in [4.69, 9.17) is 4.74 Å². The number of esters is 1. The summed E-state index contributed by atoms with van der Waals surface area (Å²) in [6, 6.07) is 6.27. The van der Waals surface area contributed by atoms with Crippen LogP contribution >= 0.6 is 0 Å². The van der Waals surface area contributed by atoms with Crippen molar-refractivity contribution in [2.75, 3.05) is 6.54 Å². The largest absolute Gasteiger partial charge is 0.493 e. The van der Waals surface area contributed by atoms with Crippen molar-refractivity contribution >= 4 is 27.4 Å². The lowest BCUT2D eigenvalue weighted by atomic mass is 9.99. The number of azo groups is 1. The Morgan fingerprint density at radius 1 is 1.26 bits per heavy atom. The van der Waals surface area contributed by atoms with E-state index in [0.29, 0.717) is 11.3 Å². The van der Waals surface area contributed by atoms with Crippen molar-refractivity contribution < 1.29 is 23.1 Å². The van der Waals surface area contributed by atoms with Gasteiger partial charge in [0.1, 0.15) is 17.7 Å². The number of unbranched alkanes of at least 4 members (excludes halogenated alkanes) is 1. The summed E-state index contributed by atoms with van der Waals surface area (Å²) < 4.78 is 34.0. The van der Waals surface area contributed by atoms with Gasteiger partial charge in [0.05, 0.1) is 10.6 Å². The number of nitriles is 1. The number of aromatic nitrogens is 1. The minimum Gasteiger partial charge on any atom is -0.493 e. The average Bonchev–Trinajstić information content (AvgIpc) is 2.87. The summed E-state index contributed by atoms with van der Waals surface area (Å²) in [5.41, 5.74) is 0.239. The van der Waals surface area contributed by atoms with Crippen molar-refractivity contribution in [1.29, 1.82) is 5.26 Å². The molecule has 0 fully saturated rings. The molecule has 212 valence electrons. The van der Waals surface area contributed by atoms with Gasteiger partial charge in [-0.3, -0.25) is 14.2 Å². The zero-order valence-electron chi connectivity index (χ0n) is 23.3. The predicted octanol–water partition coefficient (Wildman–Crippen LogP) is 4.90. The van der Waals surface area contributed by atoms with E-state index in [1.165, 1.54) is 36.6 Å². The fourth-order valence-corrected chi connectivity index (χ4v) is 5.48. The van der Waals surface area contributed by atoms with Crippen molar-refractivity contribution in [1.82, 2.24) is 9.29 Å². The molecule has 0 aliphatic carbocycles. The van der Waals surface area contributed by atoms with Gasteiger partial charge in [0.15, 0.2) is 5.69 Å². The number of benzene rings is 1. The van der Waals surface area contributed by atoms with Gasteiger partial charge >= 0.3 is 5.97 Å². The molecular formula is C27H37N5O6S. The van der Waals surface area contributed by atoms with E-state index in [9.17, 15) is 28.4 Å². The second-order valence-corrected chi connectivity index (χ2v) is 11.3. The number of ether oxygens (including phenoxy) is 1. The van der Waals surface area contributed by atoms with E-state index < -0.39 is 27.7 Å². The molecule has 0 amide bonds.